The van der Waals surface area contributed by atoms with Crippen molar-refractivity contribution in [3.8, 4) is 28.7 Å². The van der Waals surface area contributed by atoms with Gasteiger partial charge in [-0.25, -0.2) is 4.79 Å². The summed E-state index contributed by atoms with van der Waals surface area (Å²) in [5, 5.41) is 26.2. The molecule has 57 heavy (non-hydrogen) atoms. The lowest BCUT2D eigenvalue weighted by Crippen LogP contribution is -2.69. The fourth-order valence-corrected chi connectivity index (χ4v) is 12.7. The van der Waals surface area contributed by atoms with Gasteiger partial charge in [-0.05, 0) is 57.0 Å². The van der Waals surface area contributed by atoms with Crippen LogP contribution in [0.4, 0.5) is 0 Å². The number of phenolic OH excluding ortho intramolecular Hbond substituents is 1. The molecule has 3 aromatic carbocycles. The molecule has 1 aromatic heterocycles. The van der Waals surface area contributed by atoms with E-state index in [2.05, 4.69) is 40.1 Å². The summed E-state index contributed by atoms with van der Waals surface area (Å²) in [6.07, 6.45) is 0.835. The minimum absolute atomic E-state index is 0.0134. The second kappa shape index (κ2) is 12.8. The number of methoxy groups -OCH3 is 1. The highest BCUT2D eigenvalue weighted by Crippen LogP contribution is 2.64. The molecule has 7 aliphatic rings. The van der Waals surface area contributed by atoms with Gasteiger partial charge in [-0.3, -0.25) is 24.7 Å². The van der Waals surface area contributed by atoms with Gasteiger partial charge in [0.25, 0.3) is 0 Å². The normalized spacial score (nSPS) is 29.9. The van der Waals surface area contributed by atoms with Gasteiger partial charge in [0, 0.05) is 70.4 Å². The number of aryl methyl sites for hydroxylation is 1. The fourth-order valence-electron chi connectivity index (χ4n) is 11.0. The predicted molar refractivity (Wildman–Crippen MR) is 208 cm³/mol. The number of aromatic amines is 1. The molecule has 4 N–H and O–H groups in total. The number of H-pyrrole nitrogens is 1. The molecule has 0 amide bonds. The lowest BCUT2D eigenvalue weighted by molar-refractivity contribution is -0.159. The van der Waals surface area contributed by atoms with Gasteiger partial charge in [-0.15, -0.1) is 11.8 Å². The molecular weight excluding hydrogens is 753 g/mol. The van der Waals surface area contributed by atoms with Gasteiger partial charge in [-0.1, -0.05) is 24.3 Å². The van der Waals surface area contributed by atoms with Crippen LogP contribution in [0.25, 0.3) is 10.9 Å². The number of hydrogen-bond acceptors (Lipinski definition) is 13. The number of rotatable bonds is 3. The molecule has 4 aromatic rings. The number of para-hydroxylation sites is 1. The van der Waals surface area contributed by atoms with Crippen molar-refractivity contribution in [2.45, 2.75) is 87.6 Å². The minimum Gasteiger partial charge on any atom is -0.504 e. The van der Waals surface area contributed by atoms with E-state index in [-0.39, 0.29) is 43.4 Å². The smallest absolute Gasteiger partial charge is 0.333 e. The molecule has 7 aliphatic heterocycles. The quantitative estimate of drug-likeness (QED) is 0.166. The van der Waals surface area contributed by atoms with Crippen LogP contribution in [-0.2, 0) is 37.5 Å². The summed E-state index contributed by atoms with van der Waals surface area (Å²) in [5.74, 6) is -0.278. The minimum atomic E-state index is -1.60. The van der Waals surface area contributed by atoms with E-state index in [1.165, 1.54) is 18.7 Å². The van der Waals surface area contributed by atoms with Crippen LogP contribution < -0.4 is 24.3 Å². The number of aliphatic carboxylic acids is 1. The maximum absolute atomic E-state index is 15.0. The topological polar surface area (TPSA) is 172 Å². The SMILES string of the molecule is COc1c(C)cc2c(c1O)[C@H]1[C@@H]3[C@@H]4SC[C@]5(N[C@H](C(=O)O)Cc6c5[nH]c5ccccc65)C(=O)OC[C@@H](c5c6c(c(C)c(OC(C)=O)c54)OCO6)N3[C@@H](C)[C@H](C2)N1C. The number of carbonyl (C=O) groups excluding carboxylic acids is 2. The summed E-state index contributed by atoms with van der Waals surface area (Å²) in [6.45, 7) is 7.18. The second-order valence-electron chi connectivity index (χ2n) is 16.2. The number of piperazine rings is 1. The van der Waals surface area contributed by atoms with Gasteiger partial charge in [0.05, 0.1) is 30.1 Å². The zero-order valence-corrected chi connectivity index (χ0v) is 33.2. The Morgan fingerprint density at radius 1 is 1.05 bits per heavy atom. The van der Waals surface area contributed by atoms with E-state index >= 15 is 0 Å². The zero-order chi connectivity index (χ0) is 39.8. The van der Waals surface area contributed by atoms with Crippen molar-refractivity contribution in [1.29, 1.82) is 0 Å². The Hall–Kier alpha value is -4.96. The molecule has 2 saturated heterocycles. The highest BCUT2D eigenvalue weighted by molar-refractivity contribution is 7.99. The third kappa shape index (κ3) is 4.91. The van der Waals surface area contributed by atoms with Crippen molar-refractivity contribution >= 4 is 40.6 Å². The van der Waals surface area contributed by atoms with E-state index in [9.17, 15) is 24.6 Å². The number of esters is 2. The first-order valence-electron chi connectivity index (χ1n) is 19.3. The van der Waals surface area contributed by atoms with Gasteiger partial charge >= 0.3 is 17.9 Å². The lowest BCUT2D eigenvalue weighted by atomic mass is 9.71. The van der Waals surface area contributed by atoms with Gasteiger partial charge in [0.15, 0.2) is 28.5 Å². The van der Waals surface area contributed by atoms with Crippen LogP contribution in [0, 0.1) is 13.8 Å². The van der Waals surface area contributed by atoms with E-state index in [1.54, 1.807) is 7.11 Å². The van der Waals surface area contributed by atoms with Crippen molar-refractivity contribution in [3.63, 3.8) is 0 Å². The Labute approximate surface area is 332 Å². The predicted octanol–water partition coefficient (Wildman–Crippen LogP) is 4.70. The molecule has 15 heteroatoms. The summed E-state index contributed by atoms with van der Waals surface area (Å²) in [6, 6.07) is 7.20. The largest absolute Gasteiger partial charge is 0.504 e. The molecule has 8 atom stereocenters. The zero-order valence-electron chi connectivity index (χ0n) is 32.4. The fraction of sp³-hybridized carbons (Fsp3) is 0.452. The number of carbonyl (C=O) groups is 3. The van der Waals surface area contributed by atoms with Crippen LogP contribution >= 0.6 is 11.8 Å². The number of ether oxygens (including phenoxy) is 5. The number of hydrogen-bond donors (Lipinski definition) is 4. The van der Waals surface area contributed by atoms with Crippen molar-refractivity contribution < 1.29 is 48.3 Å². The number of nitrogens with zero attached hydrogens (tertiary/aromatic N) is 2. The molecular formula is C42H44N4O10S. The molecule has 4 bridgehead atoms. The number of carboxylic acid groups (broad SMARTS) is 1. The van der Waals surface area contributed by atoms with E-state index in [4.69, 9.17) is 23.7 Å². The Bertz CT molecular complexity index is 2430. The Balaban J connectivity index is 1.25. The van der Waals surface area contributed by atoms with Gasteiger partial charge < -0.3 is 38.9 Å². The number of fused-ring (bicyclic) bond motifs is 11. The van der Waals surface area contributed by atoms with Gasteiger partial charge in [0.2, 0.25) is 6.79 Å². The van der Waals surface area contributed by atoms with Crippen molar-refractivity contribution in [3.05, 3.63) is 75.0 Å². The summed E-state index contributed by atoms with van der Waals surface area (Å²) >= 11 is 1.48. The Kier molecular flexibility index (Phi) is 8.15. The first-order valence-corrected chi connectivity index (χ1v) is 20.3. The number of carboxylic acids is 1. The van der Waals surface area contributed by atoms with Gasteiger partial charge in [0.1, 0.15) is 18.4 Å². The van der Waals surface area contributed by atoms with E-state index < -0.39 is 52.9 Å². The molecule has 0 unspecified atom stereocenters. The Morgan fingerprint density at radius 3 is 2.58 bits per heavy atom. The number of benzene rings is 3. The maximum atomic E-state index is 15.0. The van der Waals surface area contributed by atoms with E-state index in [0.29, 0.717) is 40.7 Å². The molecule has 1 spiro atoms. The maximum Gasteiger partial charge on any atom is 0.333 e. The third-order valence-electron chi connectivity index (χ3n) is 13.3. The second-order valence-corrected chi connectivity index (χ2v) is 17.3. The number of aromatic nitrogens is 1. The molecule has 0 radical (unpaired) electrons. The molecule has 8 heterocycles. The van der Waals surface area contributed by atoms with E-state index in [1.807, 2.05) is 38.1 Å². The number of phenols is 1. The number of nitrogens with one attached hydrogen (secondary N) is 2. The molecule has 14 nitrogen and oxygen atoms in total. The van der Waals surface area contributed by atoms with Gasteiger partial charge in [-0.2, -0.15) is 0 Å². The van der Waals surface area contributed by atoms with Crippen LogP contribution in [0.15, 0.2) is 30.3 Å². The molecule has 0 saturated carbocycles. The summed E-state index contributed by atoms with van der Waals surface area (Å²) in [5.41, 5.74) is 5.22. The van der Waals surface area contributed by atoms with Crippen molar-refractivity contribution in [2.24, 2.45) is 0 Å². The first-order chi connectivity index (χ1) is 27.4. The molecule has 2 fully saturated rings. The van der Waals surface area contributed by atoms with Crippen LogP contribution in [0.3, 0.4) is 0 Å². The third-order valence-corrected chi connectivity index (χ3v) is 14.8. The van der Waals surface area contributed by atoms with Crippen LogP contribution in [-0.4, -0.2) is 100 Å². The number of aromatic hydroxyl groups is 1. The molecule has 0 aliphatic carbocycles. The van der Waals surface area contributed by atoms with Crippen molar-refractivity contribution in [2.75, 3.05) is 33.3 Å². The van der Waals surface area contributed by atoms with Crippen LogP contribution in [0.2, 0.25) is 0 Å². The first kappa shape index (κ1) is 36.4. The number of likely N-dealkylation sites (N-methyl/N-ethyl adjacent to an activating group) is 1. The number of thioether (sulfide) groups is 1. The average molecular weight is 797 g/mol. The summed E-state index contributed by atoms with van der Waals surface area (Å²) < 4.78 is 30.8. The lowest BCUT2D eigenvalue weighted by Gasteiger charge is -2.63. The average Bonchev–Trinajstić information content (AvgIpc) is 3.82. The summed E-state index contributed by atoms with van der Waals surface area (Å²) in [7, 11) is 3.65. The highest BCUT2D eigenvalue weighted by Gasteiger charge is 2.61. The van der Waals surface area contributed by atoms with Crippen LogP contribution in [0.1, 0.15) is 75.8 Å². The standard InChI is InChI=1S/C42H44N4O10S/c1-17-11-21-12-26-19(3)46-27-14-53-41(51)42(39-23(13-25(44-42)40(49)50)22-9-7-8-10-24(22)43-39)15-57-38(32(46)31(45(26)5)28(21)33(48)34(17)52-6)30-29(27)37-36(54-16-55-37)18(2)35(30)56-20(4)47/h7-11,19,25-27,31-32,38,43-44,48H,12-16H2,1-6H3,(H,49,50)/t19-,25-,26-,27-,31-,32+,38+,42+/m0/s1. The molecule has 298 valence electrons. The van der Waals surface area contributed by atoms with Crippen molar-refractivity contribution in [1.82, 2.24) is 20.1 Å². The Morgan fingerprint density at radius 2 is 1.82 bits per heavy atom. The monoisotopic (exact) mass is 796 g/mol. The van der Waals surface area contributed by atoms with E-state index in [0.717, 1.165) is 44.3 Å². The summed E-state index contributed by atoms with van der Waals surface area (Å²) in [4.78, 5) is 49.1. The highest BCUT2D eigenvalue weighted by atomic mass is 32.2. The molecule has 11 rings (SSSR count). The van der Waals surface area contributed by atoms with Crippen LogP contribution in [0.5, 0.6) is 28.7 Å².